The third-order valence-electron chi connectivity index (χ3n) is 4.77. The van der Waals surface area contributed by atoms with Gasteiger partial charge in [-0.15, -0.1) is 0 Å². The zero-order valence-electron chi connectivity index (χ0n) is 14.6. The number of aryl methyl sites for hydroxylation is 1. The van der Waals surface area contributed by atoms with Crippen LogP contribution in [0.2, 0.25) is 0 Å². The van der Waals surface area contributed by atoms with Crippen molar-refractivity contribution in [2.75, 3.05) is 0 Å². The van der Waals surface area contributed by atoms with Crippen molar-refractivity contribution >= 4 is 5.57 Å². The molecule has 0 heteroatoms. The van der Waals surface area contributed by atoms with Crippen LogP contribution in [-0.4, -0.2) is 0 Å². The van der Waals surface area contributed by atoms with Crippen molar-refractivity contribution in [2.24, 2.45) is 0 Å². The molecule has 0 N–H and O–H groups in total. The third kappa shape index (κ3) is 3.49. The summed E-state index contributed by atoms with van der Waals surface area (Å²) in [5.41, 5.74) is 8.99. The number of hydrogen-bond acceptors (Lipinski definition) is 0. The fourth-order valence-electron chi connectivity index (χ4n) is 3.33. The van der Waals surface area contributed by atoms with E-state index in [2.05, 4.69) is 97.9 Å². The van der Waals surface area contributed by atoms with Crippen LogP contribution >= 0.6 is 0 Å². The van der Waals surface area contributed by atoms with Gasteiger partial charge in [-0.05, 0) is 65.3 Å². The molecule has 0 aromatic heterocycles. The Morgan fingerprint density at radius 1 is 0.600 bits per heavy atom. The van der Waals surface area contributed by atoms with Crippen LogP contribution in [-0.2, 0) is 0 Å². The highest BCUT2D eigenvalue weighted by Gasteiger charge is 2.05. The van der Waals surface area contributed by atoms with Gasteiger partial charge in [0.2, 0.25) is 0 Å². The summed E-state index contributed by atoms with van der Waals surface area (Å²) in [5, 5.41) is 0. The van der Waals surface area contributed by atoms with Crippen molar-refractivity contribution in [2.45, 2.75) is 19.8 Å². The molecule has 122 valence electrons. The van der Waals surface area contributed by atoms with Crippen LogP contribution in [0.4, 0.5) is 0 Å². The molecule has 1 aliphatic carbocycles. The summed E-state index contributed by atoms with van der Waals surface area (Å²) in [4.78, 5) is 0. The average molecular weight is 322 g/mol. The van der Waals surface area contributed by atoms with E-state index in [1.807, 2.05) is 0 Å². The van der Waals surface area contributed by atoms with Gasteiger partial charge in [-0.25, -0.2) is 0 Å². The summed E-state index contributed by atoms with van der Waals surface area (Å²) in [6.07, 6.45) is 9.13. The fraction of sp³-hybridized carbons (Fsp3) is 0.120. The van der Waals surface area contributed by atoms with Gasteiger partial charge in [0.05, 0.1) is 0 Å². The molecule has 0 amide bonds. The molecule has 0 spiro atoms. The van der Waals surface area contributed by atoms with Crippen molar-refractivity contribution < 1.29 is 0 Å². The van der Waals surface area contributed by atoms with Crippen molar-refractivity contribution in [3.63, 3.8) is 0 Å². The predicted octanol–water partition coefficient (Wildman–Crippen LogP) is 7.06. The normalized spacial score (nSPS) is 13.6. The van der Waals surface area contributed by atoms with E-state index >= 15 is 0 Å². The largest absolute Gasteiger partial charge is 0.0836 e. The fourth-order valence-corrected chi connectivity index (χ4v) is 3.33. The van der Waals surface area contributed by atoms with E-state index < -0.39 is 0 Å². The lowest BCUT2D eigenvalue weighted by Gasteiger charge is -2.11. The van der Waals surface area contributed by atoms with Crippen LogP contribution in [0.15, 0.2) is 91.0 Å². The van der Waals surface area contributed by atoms with E-state index in [9.17, 15) is 0 Å². The van der Waals surface area contributed by atoms with Gasteiger partial charge in [0.25, 0.3) is 0 Å². The Bertz CT molecular complexity index is 940. The van der Waals surface area contributed by atoms with Crippen LogP contribution in [0, 0.1) is 6.92 Å². The zero-order valence-corrected chi connectivity index (χ0v) is 14.6. The van der Waals surface area contributed by atoms with Gasteiger partial charge in [-0.2, -0.15) is 0 Å². The minimum atomic E-state index is 1.14. The van der Waals surface area contributed by atoms with Crippen LogP contribution in [0.5, 0.6) is 0 Å². The molecule has 0 heterocycles. The molecule has 0 aliphatic heterocycles. The predicted molar refractivity (Wildman–Crippen MR) is 108 cm³/mol. The van der Waals surface area contributed by atoms with Crippen LogP contribution in [0.1, 0.15) is 24.0 Å². The molecular formula is C25H22. The lowest BCUT2D eigenvalue weighted by molar-refractivity contribution is 1.04. The van der Waals surface area contributed by atoms with E-state index in [0.717, 1.165) is 12.8 Å². The molecule has 3 aromatic carbocycles. The van der Waals surface area contributed by atoms with Crippen molar-refractivity contribution in [3.05, 3.63) is 102 Å². The molecule has 0 bridgehead atoms. The van der Waals surface area contributed by atoms with Gasteiger partial charge >= 0.3 is 0 Å². The maximum Gasteiger partial charge on any atom is -0.0178 e. The molecule has 0 saturated carbocycles. The lowest BCUT2D eigenvalue weighted by Crippen LogP contribution is -1.87. The van der Waals surface area contributed by atoms with Crippen LogP contribution in [0.3, 0.4) is 0 Å². The Labute approximate surface area is 150 Å². The van der Waals surface area contributed by atoms with Gasteiger partial charge in [-0.1, -0.05) is 84.5 Å². The maximum atomic E-state index is 2.34. The molecule has 0 nitrogen and oxygen atoms in total. The highest BCUT2D eigenvalue weighted by molar-refractivity contribution is 5.79. The van der Waals surface area contributed by atoms with Crippen LogP contribution in [0.25, 0.3) is 27.8 Å². The highest BCUT2D eigenvalue weighted by atomic mass is 14.1. The summed E-state index contributed by atoms with van der Waals surface area (Å²) in [5.74, 6) is 0. The zero-order chi connectivity index (χ0) is 17.1. The summed E-state index contributed by atoms with van der Waals surface area (Å²) in [6, 6.07) is 26.4. The van der Waals surface area contributed by atoms with Gasteiger partial charge in [-0.3, -0.25) is 0 Å². The van der Waals surface area contributed by atoms with Gasteiger partial charge < -0.3 is 0 Å². The van der Waals surface area contributed by atoms with E-state index in [1.165, 1.54) is 39.0 Å². The van der Waals surface area contributed by atoms with E-state index in [0.29, 0.717) is 0 Å². The second-order valence-electron chi connectivity index (χ2n) is 6.67. The molecule has 3 aromatic rings. The molecular weight excluding hydrogens is 300 g/mol. The number of rotatable bonds is 3. The van der Waals surface area contributed by atoms with E-state index in [4.69, 9.17) is 0 Å². The first-order chi connectivity index (χ1) is 12.3. The topological polar surface area (TPSA) is 0 Å². The maximum absolute atomic E-state index is 2.34. The summed E-state index contributed by atoms with van der Waals surface area (Å²) < 4.78 is 0. The quantitative estimate of drug-likeness (QED) is 0.484. The SMILES string of the molecule is Cc1ccc(-c2cccc(-c3cccc(C4=CCCC=C4)c3)c2)cc1. The smallest absolute Gasteiger partial charge is 0.0178 e. The molecule has 4 rings (SSSR count). The Balaban J connectivity index is 1.70. The Morgan fingerprint density at radius 2 is 1.20 bits per heavy atom. The first kappa shape index (κ1) is 15.7. The van der Waals surface area contributed by atoms with Crippen molar-refractivity contribution in [1.82, 2.24) is 0 Å². The second kappa shape index (κ2) is 6.94. The first-order valence-electron chi connectivity index (χ1n) is 8.94. The number of allylic oxidation sites excluding steroid dienone is 4. The molecule has 0 saturated heterocycles. The number of hydrogen-bond donors (Lipinski definition) is 0. The molecule has 0 radical (unpaired) electrons. The van der Waals surface area contributed by atoms with E-state index in [1.54, 1.807) is 0 Å². The number of benzene rings is 3. The molecule has 25 heavy (non-hydrogen) atoms. The van der Waals surface area contributed by atoms with Gasteiger partial charge in [0, 0.05) is 0 Å². The summed E-state index contributed by atoms with van der Waals surface area (Å²) in [7, 11) is 0. The lowest BCUT2D eigenvalue weighted by atomic mass is 9.94. The Kier molecular flexibility index (Phi) is 4.35. The van der Waals surface area contributed by atoms with Crippen molar-refractivity contribution in [3.8, 4) is 22.3 Å². The van der Waals surface area contributed by atoms with Gasteiger partial charge in [0.1, 0.15) is 0 Å². The van der Waals surface area contributed by atoms with Crippen LogP contribution < -0.4 is 0 Å². The summed E-state index contributed by atoms with van der Waals surface area (Å²) in [6.45, 7) is 2.13. The monoisotopic (exact) mass is 322 g/mol. The molecule has 0 atom stereocenters. The minimum absolute atomic E-state index is 1.14. The summed E-state index contributed by atoms with van der Waals surface area (Å²) >= 11 is 0. The minimum Gasteiger partial charge on any atom is -0.0836 e. The van der Waals surface area contributed by atoms with E-state index in [-0.39, 0.29) is 0 Å². The highest BCUT2D eigenvalue weighted by Crippen LogP contribution is 2.29. The Hall–Kier alpha value is -2.86. The third-order valence-corrected chi connectivity index (χ3v) is 4.77. The first-order valence-corrected chi connectivity index (χ1v) is 8.94. The Morgan fingerprint density at radius 3 is 1.84 bits per heavy atom. The molecule has 0 fully saturated rings. The van der Waals surface area contributed by atoms with Gasteiger partial charge in [0.15, 0.2) is 0 Å². The molecule has 0 unspecified atom stereocenters. The molecule has 1 aliphatic rings. The average Bonchev–Trinajstić information content (AvgIpc) is 2.69. The van der Waals surface area contributed by atoms with Crippen molar-refractivity contribution in [1.29, 1.82) is 0 Å². The standard InChI is InChI=1S/C25H22/c1-19-13-15-21(16-14-19)23-10-6-12-25(18-23)24-11-5-9-22(17-24)20-7-3-2-4-8-20/h3,5-18H,2,4H2,1H3. The second-order valence-corrected chi connectivity index (χ2v) is 6.67.